The molecule has 1 aliphatic heterocycles. The quantitative estimate of drug-likeness (QED) is 0.436. The number of non-ortho nitro benzene ring substituents is 1. The Balaban J connectivity index is 1.57. The molecule has 2 aromatic rings. The largest absolute Gasteiger partial charge is 0.492 e. The molecule has 1 fully saturated rings. The number of carbonyl (C=O) groups excluding carboxylic acids is 1. The van der Waals surface area contributed by atoms with Crippen LogP contribution in [-0.4, -0.2) is 48.5 Å². The number of amides is 1. The average molecular weight is 381 g/mol. The van der Waals surface area contributed by atoms with Gasteiger partial charge in [-0.1, -0.05) is 12.1 Å². The first-order valence-electron chi connectivity index (χ1n) is 9.26. The number of piperazine rings is 1. The minimum Gasteiger partial charge on any atom is -0.492 e. The van der Waals surface area contributed by atoms with Gasteiger partial charge in [0.25, 0.3) is 5.69 Å². The number of benzene rings is 2. The van der Waals surface area contributed by atoms with Gasteiger partial charge in [-0.05, 0) is 42.8 Å². The maximum atomic E-state index is 12.4. The van der Waals surface area contributed by atoms with Gasteiger partial charge in [0.15, 0.2) is 0 Å². The molecule has 0 aromatic heterocycles. The van der Waals surface area contributed by atoms with Crippen molar-refractivity contribution >= 4 is 23.4 Å². The first-order chi connectivity index (χ1) is 13.6. The molecule has 1 heterocycles. The number of ether oxygens (including phenoxy) is 1. The summed E-state index contributed by atoms with van der Waals surface area (Å²) in [6.07, 6.45) is 3.20. The van der Waals surface area contributed by atoms with Gasteiger partial charge in [0.1, 0.15) is 5.75 Å². The summed E-state index contributed by atoms with van der Waals surface area (Å²) in [5.41, 5.74) is 1.84. The Morgan fingerprint density at radius 3 is 2.43 bits per heavy atom. The van der Waals surface area contributed by atoms with Crippen LogP contribution in [0.2, 0.25) is 0 Å². The molecule has 28 heavy (non-hydrogen) atoms. The molecule has 0 unspecified atom stereocenters. The smallest absolute Gasteiger partial charge is 0.269 e. The highest BCUT2D eigenvalue weighted by Crippen LogP contribution is 2.28. The van der Waals surface area contributed by atoms with Gasteiger partial charge < -0.3 is 14.5 Å². The molecule has 0 aliphatic carbocycles. The second-order valence-corrected chi connectivity index (χ2v) is 6.40. The van der Waals surface area contributed by atoms with Gasteiger partial charge in [-0.2, -0.15) is 0 Å². The maximum absolute atomic E-state index is 12.4. The lowest BCUT2D eigenvalue weighted by Crippen LogP contribution is -2.48. The predicted octanol–water partition coefficient (Wildman–Crippen LogP) is 3.36. The van der Waals surface area contributed by atoms with Crippen molar-refractivity contribution in [3.8, 4) is 5.75 Å². The van der Waals surface area contributed by atoms with Gasteiger partial charge in [-0.25, -0.2) is 0 Å². The summed E-state index contributed by atoms with van der Waals surface area (Å²) >= 11 is 0. The normalized spacial score (nSPS) is 14.3. The summed E-state index contributed by atoms with van der Waals surface area (Å²) in [6.45, 7) is 5.31. The van der Waals surface area contributed by atoms with Crippen LogP contribution < -0.4 is 9.64 Å². The van der Waals surface area contributed by atoms with E-state index >= 15 is 0 Å². The number of hydrogen-bond acceptors (Lipinski definition) is 5. The topological polar surface area (TPSA) is 75.9 Å². The summed E-state index contributed by atoms with van der Waals surface area (Å²) in [7, 11) is 0. The Labute approximate surface area is 164 Å². The molecule has 1 amide bonds. The molecule has 0 atom stereocenters. The molecule has 0 saturated carbocycles. The Hall–Kier alpha value is -3.35. The van der Waals surface area contributed by atoms with Crippen LogP contribution in [0.25, 0.3) is 6.08 Å². The van der Waals surface area contributed by atoms with Gasteiger partial charge in [-0.15, -0.1) is 0 Å². The van der Waals surface area contributed by atoms with Crippen LogP contribution in [-0.2, 0) is 4.79 Å². The summed E-state index contributed by atoms with van der Waals surface area (Å²) in [5, 5.41) is 10.7. The van der Waals surface area contributed by atoms with E-state index in [1.807, 2.05) is 36.1 Å². The second-order valence-electron chi connectivity index (χ2n) is 6.40. The molecule has 1 aliphatic rings. The molecule has 1 saturated heterocycles. The van der Waals surface area contributed by atoms with E-state index in [-0.39, 0.29) is 11.6 Å². The SMILES string of the molecule is CCOc1ccccc1N1CCN(C(=O)/C=C\c2ccc([N+](=O)[O-])cc2)CC1. The number of para-hydroxylation sites is 2. The van der Waals surface area contributed by atoms with E-state index in [2.05, 4.69) is 4.90 Å². The number of rotatable bonds is 6. The van der Waals surface area contributed by atoms with E-state index in [0.29, 0.717) is 19.7 Å². The van der Waals surface area contributed by atoms with E-state index < -0.39 is 4.92 Å². The third kappa shape index (κ3) is 4.68. The summed E-state index contributed by atoms with van der Waals surface area (Å²) < 4.78 is 5.70. The van der Waals surface area contributed by atoms with Crippen LogP contribution in [0, 0.1) is 10.1 Å². The van der Waals surface area contributed by atoms with Crippen molar-refractivity contribution in [3.63, 3.8) is 0 Å². The lowest BCUT2D eigenvalue weighted by Gasteiger charge is -2.36. The highest BCUT2D eigenvalue weighted by molar-refractivity contribution is 5.92. The molecule has 0 N–H and O–H groups in total. The highest BCUT2D eigenvalue weighted by Gasteiger charge is 2.21. The Morgan fingerprint density at radius 2 is 1.79 bits per heavy atom. The van der Waals surface area contributed by atoms with Gasteiger partial charge in [0, 0.05) is 44.4 Å². The number of nitro groups is 1. The monoisotopic (exact) mass is 381 g/mol. The van der Waals surface area contributed by atoms with Gasteiger partial charge in [0.2, 0.25) is 5.91 Å². The lowest BCUT2D eigenvalue weighted by atomic mass is 10.2. The van der Waals surface area contributed by atoms with E-state index in [1.54, 1.807) is 18.2 Å². The van der Waals surface area contributed by atoms with Crippen molar-refractivity contribution in [2.45, 2.75) is 6.92 Å². The molecular weight excluding hydrogens is 358 g/mol. The summed E-state index contributed by atoms with van der Waals surface area (Å²) in [6, 6.07) is 14.1. The lowest BCUT2D eigenvalue weighted by molar-refractivity contribution is -0.384. The zero-order valence-electron chi connectivity index (χ0n) is 15.8. The van der Waals surface area contributed by atoms with Gasteiger partial charge in [0.05, 0.1) is 17.2 Å². The number of carbonyl (C=O) groups is 1. The fourth-order valence-corrected chi connectivity index (χ4v) is 3.14. The van der Waals surface area contributed by atoms with Crippen LogP contribution >= 0.6 is 0 Å². The van der Waals surface area contributed by atoms with Crippen molar-refractivity contribution in [1.29, 1.82) is 0 Å². The van der Waals surface area contributed by atoms with E-state index in [9.17, 15) is 14.9 Å². The van der Waals surface area contributed by atoms with Crippen molar-refractivity contribution in [3.05, 3.63) is 70.3 Å². The number of nitro benzene ring substituents is 1. The average Bonchev–Trinajstić information content (AvgIpc) is 2.73. The van der Waals surface area contributed by atoms with Crippen LogP contribution in [0.5, 0.6) is 5.75 Å². The molecular formula is C21H23N3O4. The van der Waals surface area contributed by atoms with Crippen LogP contribution in [0.4, 0.5) is 11.4 Å². The summed E-state index contributed by atoms with van der Waals surface area (Å²) in [5.74, 6) is 0.805. The van der Waals surface area contributed by atoms with Gasteiger partial charge in [-0.3, -0.25) is 14.9 Å². The number of nitrogens with zero attached hydrogens (tertiary/aromatic N) is 3. The van der Waals surface area contributed by atoms with E-state index in [4.69, 9.17) is 4.74 Å². The van der Waals surface area contributed by atoms with E-state index in [0.717, 1.165) is 30.1 Å². The third-order valence-electron chi connectivity index (χ3n) is 4.62. The summed E-state index contributed by atoms with van der Waals surface area (Å²) in [4.78, 5) is 26.7. The molecule has 7 nitrogen and oxygen atoms in total. The maximum Gasteiger partial charge on any atom is 0.269 e. The Bertz CT molecular complexity index is 856. The Morgan fingerprint density at radius 1 is 1.11 bits per heavy atom. The third-order valence-corrected chi connectivity index (χ3v) is 4.62. The van der Waals surface area contributed by atoms with Crippen molar-refractivity contribution < 1.29 is 14.5 Å². The predicted molar refractivity (Wildman–Crippen MR) is 109 cm³/mol. The Kier molecular flexibility index (Phi) is 6.26. The fourth-order valence-electron chi connectivity index (χ4n) is 3.14. The molecule has 2 aromatic carbocycles. The molecule has 0 spiro atoms. The highest BCUT2D eigenvalue weighted by atomic mass is 16.6. The second kappa shape index (κ2) is 9.03. The van der Waals surface area contributed by atoms with Crippen LogP contribution in [0.1, 0.15) is 12.5 Å². The standard InChI is InChI=1S/C21H23N3O4/c1-2-28-20-6-4-3-5-19(20)22-13-15-23(16-14-22)21(25)12-9-17-7-10-18(11-8-17)24(26)27/h3-12H,2,13-16H2,1H3/b12-9-. The first kappa shape index (κ1) is 19.4. The van der Waals surface area contributed by atoms with Gasteiger partial charge >= 0.3 is 0 Å². The van der Waals surface area contributed by atoms with Crippen LogP contribution in [0.3, 0.4) is 0 Å². The van der Waals surface area contributed by atoms with Crippen LogP contribution in [0.15, 0.2) is 54.6 Å². The zero-order valence-corrected chi connectivity index (χ0v) is 15.8. The minimum atomic E-state index is -0.443. The molecule has 0 bridgehead atoms. The molecule has 146 valence electrons. The van der Waals surface area contributed by atoms with E-state index in [1.165, 1.54) is 18.2 Å². The minimum absolute atomic E-state index is 0.0342. The number of hydrogen-bond donors (Lipinski definition) is 0. The van der Waals surface area contributed by atoms with Crippen molar-refractivity contribution in [1.82, 2.24) is 4.90 Å². The van der Waals surface area contributed by atoms with Crippen molar-refractivity contribution in [2.24, 2.45) is 0 Å². The number of anilines is 1. The molecule has 0 radical (unpaired) electrons. The fraction of sp³-hybridized carbons (Fsp3) is 0.286. The first-order valence-corrected chi connectivity index (χ1v) is 9.26. The molecule has 7 heteroatoms. The zero-order chi connectivity index (χ0) is 19.9. The van der Waals surface area contributed by atoms with Crippen molar-refractivity contribution in [2.75, 3.05) is 37.7 Å². The molecule has 3 rings (SSSR count).